The van der Waals surface area contributed by atoms with Crippen LogP contribution >= 0.6 is 11.3 Å². The first kappa shape index (κ1) is 21.9. The molecule has 0 atom stereocenters. The van der Waals surface area contributed by atoms with Gasteiger partial charge in [0, 0.05) is 20.6 Å². The van der Waals surface area contributed by atoms with Gasteiger partial charge in [-0.2, -0.15) is 11.3 Å². The van der Waals surface area contributed by atoms with Crippen molar-refractivity contribution in [3.05, 3.63) is 76.5 Å². The van der Waals surface area contributed by atoms with Crippen LogP contribution in [0.2, 0.25) is 0 Å². The molecule has 30 heavy (non-hydrogen) atoms. The van der Waals surface area contributed by atoms with Gasteiger partial charge in [0.25, 0.3) is 15.9 Å². The van der Waals surface area contributed by atoms with Crippen LogP contribution in [0.1, 0.15) is 11.1 Å². The summed E-state index contributed by atoms with van der Waals surface area (Å²) in [6.07, 6.45) is 0. The second kappa shape index (κ2) is 9.32. The normalized spacial score (nSPS) is 11.2. The number of likely N-dealkylation sites (N-methyl/N-ethyl adjacent to an activating group) is 1. The summed E-state index contributed by atoms with van der Waals surface area (Å²) in [6.45, 7) is 2.35. The lowest BCUT2D eigenvalue weighted by Gasteiger charge is -2.20. The van der Waals surface area contributed by atoms with E-state index in [4.69, 9.17) is 4.74 Å². The van der Waals surface area contributed by atoms with Crippen LogP contribution in [0.3, 0.4) is 0 Å². The summed E-state index contributed by atoms with van der Waals surface area (Å²) in [5.41, 5.74) is 2.58. The van der Waals surface area contributed by atoms with Crippen molar-refractivity contribution in [2.24, 2.45) is 0 Å². The Hall–Kier alpha value is -2.84. The number of benzene rings is 2. The molecule has 1 heterocycles. The Labute approximate surface area is 181 Å². The molecule has 0 aliphatic rings. The van der Waals surface area contributed by atoms with Crippen LogP contribution in [0, 0.1) is 6.92 Å². The number of anilines is 1. The van der Waals surface area contributed by atoms with E-state index in [1.807, 2.05) is 23.8 Å². The lowest BCUT2D eigenvalue weighted by Crippen LogP contribution is -2.30. The van der Waals surface area contributed by atoms with Crippen molar-refractivity contribution in [1.82, 2.24) is 4.90 Å². The van der Waals surface area contributed by atoms with E-state index < -0.39 is 10.0 Å². The molecule has 158 valence electrons. The van der Waals surface area contributed by atoms with Crippen LogP contribution in [0.25, 0.3) is 0 Å². The fourth-order valence-electron chi connectivity index (χ4n) is 2.76. The smallest absolute Gasteiger partial charge is 0.264 e. The Bertz CT molecular complexity index is 1080. The van der Waals surface area contributed by atoms with Crippen LogP contribution in [-0.4, -0.2) is 39.9 Å². The molecule has 0 saturated carbocycles. The van der Waals surface area contributed by atoms with Gasteiger partial charge in [0.15, 0.2) is 6.61 Å². The lowest BCUT2D eigenvalue weighted by molar-refractivity contribution is -0.132. The van der Waals surface area contributed by atoms with Gasteiger partial charge in [-0.05, 0) is 65.7 Å². The van der Waals surface area contributed by atoms with Gasteiger partial charge in [-0.1, -0.05) is 17.7 Å². The Morgan fingerprint density at radius 2 is 1.67 bits per heavy atom. The summed E-state index contributed by atoms with van der Waals surface area (Å²) in [5, 5.41) is 3.98. The van der Waals surface area contributed by atoms with E-state index in [9.17, 15) is 13.2 Å². The number of hydrogen-bond acceptors (Lipinski definition) is 5. The SMILES string of the molecule is Cc1ccc(S(=O)(=O)N(C)c2ccc(OCC(=O)N(C)Cc3ccsc3)cc2)cc1. The van der Waals surface area contributed by atoms with E-state index in [1.54, 1.807) is 71.8 Å². The number of aryl methyl sites for hydroxylation is 1. The van der Waals surface area contributed by atoms with Crippen molar-refractivity contribution in [1.29, 1.82) is 0 Å². The van der Waals surface area contributed by atoms with E-state index in [1.165, 1.54) is 11.4 Å². The summed E-state index contributed by atoms with van der Waals surface area (Å²) in [4.78, 5) is 14.1. The van der Waals surface area contributed by atoms with E-state index in [2.05, 4.69) is 0 Å². The first-order chi connectivity index (χ1) is 14.3. The number of ether oxygens (including phenoxy) is 1. The zero-order valence-electron chi connectivity index (χ0n) is 17.1. The van der Waals surface area contributed by atoms with E-state index in [0.717, 1.165) is 11.1 Å². The molecule has 0 radical (unpaired) electrons. The standard InChI is InChI=1S/C22H24N2O4S2/c1-17-4-10-21(11-5-17)30(26,27)24(3)19-6-8-20(9-7-19)28-15-22(25)23(2)14-18-12-13-29-16-18/h4-13,16H,14-15H2,1-3H3. The van der Waals surface area contributed by atoms with Crippen molar-refractivity contribution < 1.29 is 17.9 Å². The van der Waals surface area contributed by atoms with E-state index >= 15 is 0 Å². The largest absolute Gasteiger partial charge is 0.484 e. The Morgan fingerprint density at radius 1 is 1.00 bits per heavy atom. The molecule has 3 aromatic rings. The van der Waals surface area contributed by atoms with Gasteiger partial charge in [-0.15, -0.1) is 0 Å². The third-order valence-corrected chi connectivity index (χ3v) is 7.20. The average Bonchev–Trinajstić information content (AvgIpc) is 3.25. The number of carbonyl (C=O) groups is 1. The highest BCUT2D eigenvalue weighted by molar-refractivity contribution is 7.92. The number of nitrogens with zero attached hydrogens (tertiary/aromatic N) is 2. The molecule has 0 fully saturated rings. The summed E-state index contributed by atoms with van der Waals surface area (Å²) < 4.78 is 32.4. The quantitative estimate of drug-likeness (QED) is 0.528. The minimum absolute atomic E-state index is 0.0858. The number of carbonyl (C=O) groups excluding carboxylic acids is 1. The van der Waals surface area contributed by atoms with Crippen molar-refractivity contribution in [3.8, 4) is 5.75 Å². The van der Waals surface area contributed by atoms with Gasteiger partial charge in [0.2, 0.25) is 0 Å². The second-order valence-electron chi connectivity index (χ2n) is 6.95. The van der Waals surface area contributed by atoms with Crippen LogP contribution in [0.4, 0.5) is 5.69 Å². The molecule has 0 saturated heterocycles. The monoisotopic (exact) mass is 444 g/mol. The Kier molecular flexibility index (Phi) is 6.79. The zero-order chi connectivity index (χ0) is 21.7. The third kappa shape index (κ3) is 5.20. The van der Waals surface area contributed by atoms with Gasteiger partial charge >= 0.3 is 0 Å². The minimum Gasteiger partial charge on any atom is -0.484 e. The molecule has 0 aliphatic heterocycles. The van der Waals surface area contributed by atoms with Gasteiger partial charge in [0.1, 0.15) is 5.75 Å². The topological polar surface area (TPSA) is 66.9 Å². The average molecular weight is 445 g/mol. The van der Waals surface area contributed by atoms with E-state index in [-0.39, 0.29) is 17.4 Å². The van der Waals surface area contributed by atoms with Crippen LogP contribution in [0.15, 0.2) is 70.3 Å². The van der Waals surface area contributed by atoms with Crippen LogP contribution in [0.5, 0.6) is 5.75 Å². The predicted molar refractivity (Wildman–Crippen MR) is 119 cm³/mol. The highest BCUT2D eigenvalue weighted by Gasteiger charge is 2.21. The first-order valence-corrected chi connectivity index (χ1v) is 11.7. The molecule has 1 aromatic heterocycles. The summed E-state index contributed by atoms with van der Waals surface area (Å²) in [5.74, 6) is 0.363. The molecule has 0 aliphatic carbocycles. The zero-order valence-corrected chi connectivity index (χ0v) is 18.7. The number of thiophene rings is 1. The van der Waals surface area contributed by atoms with Crippen LogP contribution in [-0.2, 0) is 21.4 Å². The molecule has 3 rings (SSSR count). The molecule has 8 heteroatoms. The third-order valence-electron chi connectivity index (χ3n) is 4.67. The molecular weight excluding hydrogens is 420 g/mol. The molecule has 0 N–H and O–H groups in total. The van der Waals surface area contributed by atoms with Gasteiger partial charge in [-0.3, -0.25) is 9.10 Å². The second-order valence-corrected chi connectivity index (χ2v) is 9.70. The molecular formula is C22H24N2O4S2. The van der Waals surface area contributed by atoms with Gasteiger partial charge in [0.05, 0.1) is 10.6 Å². The maximum atomic E-state index is 12.8. The van der Waals surface area contributed by atoms with Crippen molar-refractivity contribution >= 4 is 33.0 Å². The number of amides is 1. The molecule has 0 bridgehead atoms. The summed E-state index contributed by atoms with van der Waals surface area (Å²) in [6, 6.07) is 15.3. The summed E-state index contributed by atoms with van der Waals surface area (Å²) in [7, 11) is -0.410. The molecule has 2 aromatic carbocycles. The van der Waals surface area contributed by atoms with Gasteiger partial charge < -0.3 is 9.64 Å². The molecule has 0 unspecified atom stereocenters. The minimum atomic E-state index is -3.65. The maximum absolute atomic E-state index is 12.8. The predicted octanol–water partition coefficient (Wildman–Crippen LogP) is 3.92. The van der Waals surface area contributed by atoms with Crippen molar-refractivity contribution in [2.45, 2.75) is 18.4 Å². The van der Waals surface area contributed by atoms with Crippen LogP contribution < -0.4 is 9.04 Å². The highest BCUT2D eigenvalue weighted by atomic mass is 32.2. The summed E-state index contributed by atoms with van der Waals surface area (Å²) >= 11 is 1.59. The highest BCUT2D eigenvalue weighted by Crippen LogP contribution is 2.24. The Morgan fingerprint density at radius 3 is 2.27 bits per heavy atom. The molecule has 6 nitrogen and oxygen atoms in total. The van der Waals surface area contributed by atoms with Gasteiger partial charge in [-0.25, -0.2) is 8.42 Å². The van der Waals surface area contributed by atoms with Crippen molar-refractivity contribution in [3.63, 3.8) is 0 Å². The number of hydrogen-bond donors (Lipinski definition) is 0. The Balaban J connectivity index is 1.60. The van der Waals surface area contributed by atoms with E-state index in [0.29, 0.717) is 18.0 Å². The molecule has 1 amide bonds. The fourth-order valence-corrected chi connectivity index (χ4v) is 4.61. The maximum Gasteiger partial charge on any atom is 0.264 e. The number of sulfonamides is 1. The molecule has 0 spiro atoms. The fraction of sp³-hybridized carbons (Fsp3) is 0.227. The first-order valence-electron chi connectivity index (χ1n) is 9.31. The lowest BCUT2D eigenvalue weighted by atomic mass is 10.2. The van der Waals surface area contributed by atoms with Crippen molar-refractivity contribution in [2.75, 3.05) is 25.0 Å². The number of rotatable bonds is 8.